The summed E-state index contributed by atoms with van der Waals surface area (Å²) in [6.45, 7) is 3.27. The third-order valence-corrected chi connectivity index (χ3v) is 4.55. The molecule has 0 saturated carbocycles. The Labute approximate surface area is 138 Å². The van der Waals surface area contributed by atoms with Crippen LogP contribution in [0.15, 0.2) is 41.0 Å². The van der Waals surface area contributed by atoms with Crippen molar-refractivity contribution in [3.05, 3.63) is 58.0 Å². The molecule has 0 N–H and O–H groups in total. The minimum atomic E-state index is 0.757. The largest absolute Gasteiger partial charge is 0.378 e. The minimum absolute atomic E-state index is 0.757. The van der Waals surface area contributed by atoms with Gasteiger partial charge in [-0.2, -0.15) is 0 Å². The van der Waals surface area contributed by atoms with Gasteiger partial charge in [0.25, 0.3) is 0 Å². The minimum Gasteiger partial charge on any atom is -0.378 e. The number of rotatable bonds is 2. The molecule has 4 nitrogen and oxygen atoms in total. The Morgan fingerprint density at radius 3 is 2.86 bits per heavy atom. The Morgan fingerprint density at radius 1 is 1.18 bits per heavy atom. The van der Waals surface area contributed by atoms with Gasteiger partial charge in [0.1, 0.15) is 5.82 Å². The quantitative estimate of drug-likeness (QED) is 0.827. The Kier molecular flexibility index (Phi) is 3.68. The number of hydrogen-bond acceptors (Lipinski definition) is 4. The van der Waals surface area contributed by atoms with Gasteiger partial charge in [0, 0.05) is 29.6 Å². The number of nitrogens with zero attached hydrogens (tertiary/aromatic N) is 3. The highest BCUT2D eigenvalue weighted by molar-refractivity contribution is 9.10. The van der Waals surface area contributed by atoms with E-state index in [4.69, 9.17) is 9.72 Å². The Morgan fingerprint density at radius 2 is 2.05 bits per heavy atom. The fourth-order valence-corrected chi connectivity index (χ4v) is 3.32. The van der Waals surface area contributed by atoms with Crippen molar-refractivity contribution < 1.29 is 4.74 Å². The van der Waals surface area contributed by atoms with Crippen LogP contribution in [0.3, 0.4) is 0 Å². The van der Waals surface area contributed by atoms with Crippen LogP contribution >= 0.6 is 15.9 Å². The second kappa shape index (κ2) is 5.82. The number of anilines is 1. The summed E-state index contributed by atoms with van der Waals surface area (Å²) in [6.07, 6.45) is 4.96. The molecule has 4 rings (SSSR count). The van der Waals surface area contributed by atoms with Crippen LogP contribution in [0.25, 0.3) is 5.57 Å². The third-order valence-electron chi connectivity index (χ3n) is 4.06. The van der Waals surface area contributed by atoms with Crippen LogP contribution in [-0.4, -0.2) is 36.3 Å². The molecular weight excluding hydrogens is 342 g/mol. The summed E-state index contributed by atoms with van der Waals surface area (Å²) in [6, 6.07) is 8.34. The van der Waals surface area contributed by atoms with Gasteiger partial charge in [-0.25, -0.2) is 4.98 Å². The van der Waals surface area contributed by atoms with Crippen molar-refractivity contribution in [1.29, 1.82) is 0 Å². The van der Waals surface area contributed by atoms with Crippen molar-refractivity contribution in [2.45, 2.75) is 6.42 Å². The molecule has 0 amide bonds. The van der Waals surface area contributed by atoms with Crippen LogP contribution in [-0.2, 0) is 11.2 Å². The smallest absolute Gasteiger partial charge is 0.148 e. The molecule has 1 aliphatic heterocycles. The van der Waals surface area contributed by atoms with E-state index in [2.05, 4.69) is 50.1 Å². The molecular formula is C17H16BrN3O. The number of allylic oxidation sites excluding steroid dienone is 1. The average Bonchev–Trinajstić information content (AvgIpc) is 2.99. The number of ether oxygens (including phenoxy) is 1. The van der Waals surface area contributed by atoms with Crippen molar-refractivity contribution >= 4 is 27.3 Å². The fraction of sp³-hybridized carbons (Fsp3) is 0.294. The lowest BCUT2D eigenvalue weighted by Crippen LogP contribution is -2.37. The van der Waals surface area contributed by atoms with E-state index in [1.165, 1.54) is 11.1 Å². The maximum Gasteiger partial charge on any atom is 0.148 e. The average molecular weight is 358 g/mol. The normalized spacial score (nSPS) is 17.3. The summed E-state index contributed by atoms with van der Waals surface area (Å²) in [5.41, 5.74) is 4.44. The van der Waals surface area contributed by atoms with Crippen molar-refractivity contribution in [2.75, 3.05) is 31.2 Å². The van der Waals surface area contributed by atoms with Gasteiger partial charge in [0.2, 0.25) is 0 Å². The maximum absolute atomic E-state index is 5.41. The van der Waals surface area contributed by atoms with E-state index in [0.717, 1.165) is 54.4 Å². The lowest BCUT2D eigenvalue weighted by Gasteiger charge is -2.27. The maximum atomic E-state index is 5.41. The van der Waals surface area contributed by atoms with Gasteiger partial charge >= 0.3 is 0 Å². The van der Waals surface area contributed by atoms with Gasteiger partial charge in [-0.15, -0.1) is 0 Å². The molecule has 5 heteroatoms. The van der Waals surface area contributed by atoms with Gasteiger partial charge < -0.3 is 9.64 Å². The summed E-state index contributed by atoms with van der Waals surface area (Å²) < 4.78 is 6.49. The highest BCUT2D eigenvalue weighted by Gasteiger charge is 2.21. The van der Waals surface area contributed by atoms with Crippen molar-refractivity contribution in [3.63, 3.8) is 0 Å². The van der Waals surface area contributed by atoms with E-state index in [0.29, 0.717) is 0 Å². The molecule has 1 saturated heterocycles. The molecule has 0 atom stereocenters. The van der Waals surface area contributed by atoms with Gasteiger partial charge in [0.15, 0.2) is 0 Å². The SMILES string of the molecule is Brc1cccc(C2=CCc3ncc(N4CCOCC4)nc32)c1. The summed E-state index contributed by atoms with van der Waals surface area (Å²) in [5.74, 6) is 0.949. The topological polar surface area (TPSA) is 38.2 Å². The Balaban J connectivity index is 1.70. The van der Waals surface area contributed by atoms with Gasteiger partial charge in [-0.1, -0.05) is 34.1 Å². The van der Waals surface area contributed by atoms with E-state index < -0.39 is 0 Å². The summed E-state index contributed by atoms with van der Waals surface area (Å²) in [5, 5.41) is 0. The summed E-state index contributed by atoms with van der Waals surface area (Å²) >= 11 is 3.54. The van der Waals surface area contributed by atoms with E-state index in [1.54, 1.807) is 0 Å². The Hall–Kier alpha value is -1.72. The van der Waals surface area contributed by atoms with Crippen molar-refractivity contribution in [1.82, 2.24) is 9.97 Å². The summed E-state index contributed by atoms with van der Waals surface area (Å²) in [7, 11) is 0. The molecule has 1 aliphatic carbocycles. The first-order valence-corrected chi connectivity index (χ1v) is 8.25. The lowest BCUT2D eigenvalue weighted by molar-refractivity contribution is 0.122. The lowest BCUT2D eigenvalue weighted by atomic mass is 10.1. The number of morpholine rings is 1. The van der Waals surface area contributed by atoms with Crippen LogP contribution < -0.4 is 4.90 Å². The predicted octanol–water partition coefficient (Wildman–Crippen LogP) is 3.06. The Bertz CT molecular complexity index is 738. The fourth-order valence-electron chi connectivity index (χ4n) is 2.92. The first-order valence-electron chi connectivity index (χ1n) is 7.46. The molecule has 22 heavy (non-hydrogen) atoms. The van der Waals surface area contributed by atoms with Gasteiger partial charge in [0.05, 0.1) is 30.8 Å². The van der Waals surface area contributed by atoms with E-state index >= 15 is 0 Å². The molecule has 112 valence electrons. The number of fused-ring (bicyclic) bond motifs is 1. The van der Waals surface area contributed by atoms with Crippen LogP contribution in [0.1, 0.15) is 17.0 Å². The van der Waals surface area contributed by atoms with Crippen molar-refractivity contribution in [2.24, 2.45) is 0 Å². The second-order valence-corrected chi connectivity index (χ2v) is 6.37. The number of hydrogen-bond donors (Lipinski definition) is 0. The van der Waals surface area contributed by atoms with Gasteiger partial charge in [-0.3, -0.25) is 4.98 Å². The second-order valence-electron chi connectivity index (χ2n) is 5.46. The first kappa shape index (κ1) is 13.9. The molecule has 0 radical (unpaired) electrons. The number of aromatic nitrogens is 2. The van der Waals surface area contributed by atoms with Crippen LogP contribution in [0.2, 0.25) is 0 Å². The zero-order chi connectivity index (χ0) is 14.9. The van der Waals surface area contributed by atoms with Crippen molar-refractivity contribution in [3.8, 4) is 0 Å². The van der Waals surface area contributed by atoms with E-state index in [1.807, 2.05) is 12.3 Å². The van der Waals surface area contributed by atoms with Crippen LogP contribution in [0.5, 0.6) is 0 Å². The monoisotopic (exact) mass is 357 g/mol. The molecule has 2 aromatic rings. The highest BCUT2D eigenvalue weighted by Crippen LogP contribution is 2.32. The molecule has 0 spiro atoms. The standard InChI is InChI=1S/C17H16BrN3O/c18-13-3-1-2-12(10-13)14-4-5-15-17(14)20-16(11-19-15)21-6-8-22-9-7-21/h1-4,10-11H,5-9H2. The molecule has 2 aliphatic rings. The number of benzene rings is 1. The van der Waals surface area contributed by atoms with Crippen LogP contribution in [0, 0.1) is 0 Å². The zero-order valence-electron chi connectivity index (χ0n) is 12.1. The molecule has 0 unspecified atom stereocenters. The van der Waals surface area contributed by atoms with E-state index in [-0.39, 0.29) is 0 Å². The highest BCUT2D eigenvalue weighted by atomic mass is 79.9. The van der Waals surface area contributed by atoms with Gasteiger partial charge in [-0.05, 0) is 17.7 Å². The first-order chi connectivity index (χ1) is 10.8. The summed E-state index contributed by atoms with van der Waals surface area (Å²) in [4.78, 5) is 11.8. The molecule has 1 aromatic heterocycles. The molecule has 1 fully saturated rings. The zero-order valence-corrected chi connectivity index (χ0v) is 13.7. The van der Waals surface area contributed by atoms with Crippen LogP contribution in [0.4, 0.5) is 5.82 Å². The molecule has 2 heterocycles. The third kappa shape index (κ3) is 2.55. The number of halogens is 1. The predicted molar refractivity (Wildman–Crippen MR) is 90.0 cm³/mol. The molecule has 1 aromatic carbocycles. The van der Waals surface area contributed by atoms with E-state index in [9.17, 15) is 0 Å². The molecule has 0 bridgehead atoms.